The van der Waals surface area contributed by atoms with E-state index in [2.05, 4.69) is 0 Å². The standard InChI is InChI=1S/C8H8ClNOS/c1-12-8(11)6-4-5(9)2-3-7(6)10/h2-4H,10H2,1H3. The molecule has 0 atom stereocenters. The van der Waals surface area contributed by atoms with E-state index in [-0.39, 0.29) is 5.12 Å². The van der Waals surface area contributed by atoms with E-state index in [1.165, 1.54) is 0 Å². The van der Waals surface area contributed by atoms with E-state index in [0.717, 1.165) is 11.8 Å². The van der Waals surface area contributed by atoms with Crippen LogP contribution in [0.15, 0.2) is 18.2 Å². The molecule has 12 heavy (non-hydrogen) atoms. The molecule has 0 spiro atoms. The number of halogens is 1. The summed E-state index contributed by atoms with van der Waals surface area (Å²) >= 11 is 6.82. The molecular weight excluding hydrogens is 194 g/mol. The van der Waals surface area contributed by atoms with Gasteiger partial charge >= 0.3 is 0 Å². The normalized spacial score (nSPS) is 9.83. The molecule has 0 bridgehead atoms. The molecule has 4 heteroatoms. The number of nitrogen functional groups attached to an aromatic ring is 1. The Labute approximate surface area is 80.1 Å². The second kappa shape index (κ2) is 3.83. The number of carbonyl (C=O) groups excluding carboxylic acids is 1. The first-order valence-electron chi connectivity index (χ1n) is 3.28. The van der Waals surface area contributed by atoms with Crippen LogP contribution in [0.2, 0.25) is 5.02 Å². The zero-order chi connectivity index (χ0) is 9.14. The molecule has 0 heterocycles. The zero-order valence-corrected chi connectivity index (χ0v) is 8.08. The van der Waals surface area contributed by atoms with Crippen molar-refractivity contribution in [2.75, 3.05) is 12.0 Å². The maximum absolute atomic E-state index is 11.2. The van der Waals surface area contributed by atoms with Gasteiger partial charge in [0.15, 0.2) is 0 Å². The van der Waals surface area contributed by atoms with Crippen LogP contribution < -0.4 is 5.73 Å². The monoisotopic (exact) mass is 201 g/mol. The van der Waals surface area contributed by atoms with E-state index in [0.29, 0.717) is 16.3 Å². The number of carbonyl (C=O) groups is 1. The lowest BCUT2D eigenvalue weighted by Gasteiger charge is -2.01. The van der Waals surface area contributed by atoms with Gasteiger partial charge in [0.05, 0.1) is 5.56 Å². The minimum Gasteiger partial charge on any atom is -0.398 e. The zero-order valence-electron chi connectivity index (χ0n) is 6.50. The van der Waals surface area contributed by atoms with Crippen molar-refractivity contribution in [3.63, 3.8) is 0 Å². The predicted molar refractivity (Wildman–Crippen MR) is 53.7 cm³/mol. The van der Waals surface area contributed by atoms with Gasteiger partial charge in [-0.3, -0.25) is 4.79 Å². The largest absolute Gasteiger partial charge is 0.398 e. The first-order chi connectivity index (χ1) is 5.65. The third kappa shape index (κ3) is 1.93. The fraction of sp³-hybridized carbons (Fsp3) is 0.125. The predicted octanol–water partition coefficient (Wildman–Crippen LogP) is 2.43. The lowest BCUT2D eigenvalue weighted by atomic mass is 10.2. The fourth-order valence-corrected chi connectivity index (χ4v) is 1.38. The Morgan fingerprint density at radius 2 is 2.25 bits per heavy atom. The van der Waals surface area contributed by atoms with Crippen molar-refractivity contribution < 1.29 is 4.79 Å². The maximum Gasteiger partial charge on any atom is 0.221 e. The Morgan fingerprint density at radius 1 is 1.58 bits per heavy atom. The number of rotatable bonds is 1. The average molecular weight is 202 g/mol. The molecule has 0 aromatic heterocycles. The highest BCUT2D eigenvalue weighted by molar-refractivity contribution is 8.13. The molecule has 0 aliphatic rings. The summed E-state index contributed by atoms with van der Waals surface area (Å²) in [5.41, 5.74) is 6.53. The minimum atomic E-state index is -0.0602. The maximum atomic E-state index is 11.2. The second-order valence-corrected chi connectivity index (χ2v) is 3.44. The van der Waals surface area contributed by atoms with E-state index in [4.69, 9.17) is 17.3 Å². The van der Waals surface area contributed by atoms with Crippen LogP contribution in [0.25, 0.3) is 0 Å². The van der Waals surface area contributed by atoms with Gasteiger partial charge in [0.2, 0.25) is 5.12 Å². The Balaban J connectivity index is 3.13. The quantitative estimate of drug-likeness (QED) is 0.710. The summed E-state index contributed by atoms with van der Waals surface area (Å²) in [6.45, 7) is 0. The third-order valence-electron chi connectivity index (χ3n) is 1.42. The number of anilines is 1. The Bertz CT molecular complexity index is 314. The Morgan fingerprint density at radius 3 is 2.83 bits per heavy atom. The molecule has 0 saturated carbocycles. The van der Waals surface area contributed by atoms with Gasteiger partial charge in [-0.1, -0.05) is 23.4 Å². The molecule has 0 amide bonds. The number of benzene rings is 1. The average Bonchev–Trinajstić information content (AvgIpc) is 2.08. The smallest absolute Gasteiger partial charge is 0.221 e. The lowest BCUT2D eigenvalue weighted by Crippen LogP contribution is -1.98. The van der Waals surface area contributed by atoms with Crippen LogP contribution in [0.5, 0.6) is 0 Å². The van der Waals surface area contributed by atoms with Crippen LogP contribution in [0.4, 0.5) is 5.69 Å². The van der Waals surface area contributed by atoms with Crippen molar-refractivity contribution in [2.24, 2.45) is 0 Å². The molecule has 2 N–H and O–H groups in total. The van der Waals surface area contributed by atoms with Gasteiger partial charge in [0.1, 0.15) is 0 Å². The van der Waals surface area contributed by atoms with Crippen molar-refractivity contribution in [1.82, 2.24) is 0 Å². The molecule has 0 aliphatic carbocycles. The van der Waals surface area contributed by atoms with Crippen molar-refractivity contribution in [3.05, 3.63) is 28.8 Å². The van der Waals surface area contributed by atoms with Gasteiger partial charge < -0.3 is 5.73 Å². The van der Waals surface area contributed by atoms with Gasteiger partial charge in [0, 0.05) is 10.7 Å². The van der Waals surface area contributed by atoms with Crippen molar-refractivity contribution >= 4 is 34.2 Å². The number of thioether (sulfide) groups is 1. The molecule has 0 unspecified atom stereocenters. The molecule has 0 radical (unpaired) electrons. The summed E-state index contributed by atoms with van der Waals surface area (Å²) in [6, 6.07) is 4.87. The molecule has 2 nitrogen and oxygen atoms in total. The number of hydrogen-bond acceptors (Lipinski definition) is 3. The topological polar surface area (TPSA) is 43.1 Å². The summed E-state index contributed by atoms with van der Waals surface area (Å²) in [5, 5.41) is 0.469. The van der Waals surface area contributed by atoms with Crippen LogP contribution in [0.1, 0.15) is 10.4 Å². The van der Waals surface area contributed by atoms with Crippen LogP contribution in [-0.2, 0) is 0 Å². The van der Waals surface area contributed by atoms with E-state index < -0.39 is 0 Å². The van der Waals surface area contributed by atoms with Gasteiger partial charge in [-0.25, -0.2) is 0 Å². The van der Waals surface area contributed by atoms with Crippen LogP contribution in [0.3, 0.4) is 0 Å². The Hall–Kier alpha value is -0.670. The molecule has 0 aliphatic heterocycles. The van der Waals surface area contributed by atoms with Crippen molar-refractivity contribution in [3.8, 4) is 0 Å². The van der Waals surface area contributed by atoms with E-state index >= 15 is 0 Å². The van der Waals surface area contributed by atoms with Gasteiger partial charge in [-0.05, 0) is 24.5 Å². The van der Waals surface area contributed by atoms with E-state index in [1.807, 2.05) is 0 Å². The SMILES string of the molecule is CSC(=O)c1cc(Cl)ccc1N. The molecule has 0 saturated heterocycles. The van der Waals surface area contributed by atoms with Crippen molar-refractivity contribution in [2.45, 2.75) is 0 Å². The third-order valence-corrected chi connectivity index (χ3v) is 2.25. The van der Waals surface area contributed by atoms with E-state index in [9.17, 15) is 4.79 Å². The highest BCUT2D eigenvalue weighted by Crippen LogP contribution is 2.21. The van der Waals surface area contributed by atoms with Crippen molar-refractivity contribution in [1.29, 1.82) is 0 Å². The highest BCUT2D eigenvalue weighted by atomic mass is 35.5. The minimum absolute atomic E-state index is 0.0602. The second-order valence-electron chi connectivity index (χ2n) is 2.22. The number of nitrogens with two attached hydrogens (primary N) is 1. The lowest BCUT2D eigenvalue weighted by molar-refractivity contribution is 0.109. The summed E-state index contributed by atoms with van der Waals surface area (Å²) < 4.78 is 0. The fourth-order valence-electron chi connectivity index (χ4n) is 0.815. The summed E-state index contributed by atoms with van der Waals surface area (Å²) in [7, 11) is 0. The molecule has 64 valence electrons. The summed E-state index contributed by atoms with van der Waals surface area (Å²) in [4.78, 5) is 11.2. The highest BCUT2D eigenvalue weighted by Gasteiger charge is 2.07. The Kier molecular flexibility index (Phi) is 3.00. The first-order valence-corrected chi connectivity index (χ1v) is 4.88. The van der Waals surface area contributed by atoms with Crippen LogP contribution in [0, 0.1) is 0 Å². The number of hydrogen-bond donors (Lipinski definition) is 1. The van der Waals surface area contributed by atoms with E-state index in [1.54, 1.807) is 24.5 Å². The first kappa shape index (κ1) is 9.42. The van der Waals surface area contributed by atoms with Gasteiger partial charge in [-0.2, -0.15) is 0 Å². The van der Waals surface area contributed by atoms with Gasteiger partial charge in [-0.15, -0.1) is 0 Å². The molecular formula is C8H8ClNOS. The molecule has 0 fully saturated rings. The molecule has 1 aromatic rings. The van der Waals surface area contributed by atoms with Gasteiger partial charge in [0.25, 0.3) is 0 Å². The summed E-state index contributed by atoms with van der Waals surface area (Å²) in [6.07, 6.45) is 1.71. The summed E-state index contributed by atoms with van der Waals surface area (Å²) in [5.74, 6) is 0. The van der Waals surface area contributed by atoms with Crippen LogP contribution in [-0.4, -0.2) is 11.4 Å². The van der Waals surface area contributed by atoms with Crippen LogP contribution >= 0.6 is 23.4 Å². The molecule has 1 rings (SSSR count). The molecule has 1 aromatic carbocycles.